The number of aryl methyl sites for hydroxylation is 4. The van der Waals surface area contributed by atoms with Crippen LogP contribution >= 0.6 is 0 Å². The molecule has 0 saturated heterocycles. The molecule has 0 N–H and O–H groups in total. The summed E-state index contributed by atoms with van der Waals surface area (Å²) in [5, 5.41) is 0. The molecule has 4 aliphatic heterocycles. The Balaban J connectivity index is 1.29. The molecule has 36 heavy (non-hydrogen) atoms. The minimum absolute atomic E-state index is 0.819. The largest absolute Gasteiger partial charge is 0.494 e. The van der Waals surface area contributed by atoms with Gasteiger partial charge in [-0.1, -0.05) is 68.9 Å². The first kappa shape index (κ1) is 26.3. The Hall–Kier alpha value is -2.81. The predicted molar refractivity (Wildman–Crippen MR) is 149 cm³/mol. The molecule has 0 spiro atoms. The van der Waals surface area contributed by atoms with Crippen molar-refractivity contribution in [1.82, 2.24) is 4.98 Å². The first-order valence-electron chi connectivity index (χ1n) is 14.2. The highest BCUT2D eigenvalue weighted by Gasteiger charge is 2.03. The van der Waals surface area contributed by atoms with Crippen LogP contribution in [0.2, 0.25) is 0 Å². The number of aromatic nitrogens is 1. The monoisotopic (exact) mass is 485 g/mol. The van der Waals surface area contributed by atoms with Crippen molar-refractivity contribution >= 4 is 0 Å². The quantitative estimate of drug-likeness (QED) is 0.321. The maximum atomic E-state index is 5.96. The number of pyridine rings is 1. The number of hydrogen-bond acceptors (Lipinski definition) is 3. The Morgan fingerprint density at radius 2 is 0.833 bits per heavy atom. The van der Waals surface area contributed by atoms with Gasteiger partial charge in [-0.05, 0) is 98.9 Å². The smallest absolute Gasteiger partial charge is 0.119 e. The summed E-state index contributed by atoms with van der Waals surface area (Å²) in [5.74, 6) is 1.99. The zero-order valence-electron chi connectivity index (χ0n) is 21.9. The third kappa shape index (κ3) is 9.68. The lowest BCUT2D eigenvalue weighted by molar-refractivity contribution is 0.301. The lowest BCUT2D eigenvalue weighted by Gasteiger charge is -2.08. The van der Waals surface area contributed by atoms with Gasteiger partial charge in [-0.25, -0.2) is 0 Å². The Labute approximate surface area is 218 Å². The van der Waals surface area contributed by atoms with Gasteiger partial charge in [0.1, 0.15) is 11.5 Å². The molecule has 6 bridgehead atoms. The van der Waals surface area contributed by atoms with Gasteiger partial charge in [0.05, 0.1) is 13.2 Å². The zero-order valence-corrected chi connectivity index (χ0v) is 21.9. The maximum Gasteiger partial charge on any atom is 0.119 e. The Bertz CT molecular complexity index is 918. The molecule has 3 heteroatoms. The summed E-state index contributed by atoms with van der Waals surface area (Å²) in [6.07, 6.45) is 16.5. The second-order valence-electron chi connectivity index (χ2n) is 10.1. The van der Waals surface area contributed by atoms with Crippen molar-refractivity contribution in [2.45, 2.75) is 89.9 Å². The maximum absolute atomic E-state index is 5.96. The van der Waals surface area contributed by atoms with Gasteiger partial charge in [-0.2, -0.15) is 0 Å². The Morgan fingerprint density at radius 1 is 0.417 bits per heavy atom. The topological polar surface area (TPSA) is 31.4 Å². The van der Waals surface area contributed by atoms with Gasteiger partial charge in [-0.3, -0.25) is 4.98 Å². The highest BCUT2D eigenvalue weighted by Crippen LogP contribution is 2.18. The van der Waals surface area contributed by atoms with Crippen molar-refractivity contribution in [1.29, 1.82) is 0 Å². The third-order valence-corrected chi connectivity index (χ3v) is 7.08. The van der Waals surface area contributed by atoms with E-state index in [1.807, 2.05) is 0 Å². The fraction of sp³-hybridized carbons (Fsp3) is 0.485. The predicted octanol–water partition coefficient (Wildman–Crippen LogP) is 8.32. The van der Waals surface area contributed by atoms with E-state index in [4.69, 9.17) is 14.5 Å². The van der Waals surface area contributed by atoms with Crippen molar-refractivity contribution in [2.24, 2.45) is 0 Å². The van der Waals surface area contributed by atoms with E-state index in [1.165, 1.54) is 61.0 Å². The number of benzene rings is 2. The summed E-state index contributed by atoms with van der Waals surface area (Å²) in [5.41, 5.74) is 5.16. The van der Waals surface area contributed by atoms with Crippen molar-refractivity contribution in [3.8, 4) is 11.5 Å². The molecule has 0 saturated carbocycles. The van der Waals surface area contributed by atoms with Crippen molar-refractivity contribution in [3.63, 3.8) is 0 Å². The van der Waals surface area contributed by atoms with Crippen LogP contribution in [0.5, 0.6) is 11.5 Å². The van der Waals surface area contributed by atoms with E-state index in [2.05, 4.69) is 66.7 Å². The lowest BCUT2D eigenvalue weighted by atomic mass is 10.0. The molecular formula is C33H43NO2. The standard InChI is InChI=1S/C33H43NO2/c1-2-4-6-8-27-36-33-24-20-29(21-25-33)13-10-15-31-17-11-16-30(34-31)14-9-12-28-18-22-32(23-19-28)35-26-7-5-3-1/h11,16-25H,1-10,12-15,26-27H2. The van der Waals surface area contributed by atoms with Gasteiger partial charge < -0.3 is 9.47 Å². The van der Waals surface area contributed by atoms with Crippen LogP contribution in [-0.4, -0.2) is 18.2 Å². The zero-order chi connectivity index (χ0) is 24.7. The molecule has 0 atom stereocenters. The number of hydrogen-bond donors (Lipinski definition) is 0. The molecule has 0 aliphatic carbocycles. The fourth-order valence-corrected chi connectivity index (χ4v) is 4.90. The van der Waals surface area contributed by atoms with Gasteiger partial charge in [0, 0.05) is 11.4 Å². The summed E-state index contributed by atoms with van der Waals surface area (Å²) in [4.78, 5) is 4.93. The van der Waals surface area contributed by atoms with Crippen LogP contribution < -0.4 is 9.47 Å². The molecule has 7 rings (SSSR count). The fourth-order valence-electron chi connectivity index (χ4n) is 4.90. The average Bonchev–Trinajstić information content (AvgIpc) is 2.91. The number of rotatable bonds is 0. The van der Waals surface area contributed by atoms with Crippen LogP contribution in [0, 0.1) is 0 Å². The molecule has 5 heterocycles. The molecule has 192 valence electrons. The van der Waals surface area contributed by atoms with Gasteiger partial charge in [-0.15, -0.1) is 0 Å². The SMILES string of the molecule is c1cc2nc(c1)CCCc1ccc(cc1)OCCCCCCCCCCOc1ccc(cc1)CCC2. The van der Waals surface area contributed by atoms with Crippen LogP contribution in [0.3, 0.4) is 0 Å². The minimum Gasteiger partial charge on any atom is -0.494 e. The average molecular weight is 486 g/mol. The molecule has 0 amide bonds. The van der Waals surface area contributed by atoms with Crippen molar-refractivity contribution < 1.29 is 9.47 Å². The van der Waals surface area contributed by atoms with Crippen LogP contribution in [0.25, 0.3) is 0 Å². The summed E-state index contributed by atoms with van der Waals surface area (Å²) in [6.45, 7) is 1.64. The summed E-state index contributed by atoms with van der Waals surface area (Å²) in [7, 11) is 0. The van der Waals surface area contributed by atoms with Crippen molar-refractivity contribution in [3.05, 3.63) is 89.2 Å². The normalized spacial score (nSPS) is 17.2. The molecule has 0 unspecified atom stereocenters. The van der Waals surface area contributed by atoms with E-state index >= 15 is 0 Å². The molecule has 3 nitrogen and oxygen atoms in total. The molecule has 0 fully saturated rings. The highest BCUT2D eigenvalue weighted by atomic mass is 16.5. The van der Waals surface area contributed by atoms with Gasteiger partial charge >= 0.3 is 0 Å². The van der Waals surface area contributed by atoms with Crippen LogP contribution in [-0.2, 0) is 25.7 Å². The third-order valence-electron chi connectivity index (χ3n) is 7.08. The molecule has 2 aromatic carbocycles. The number of ether oxygens (including phenoxy) is 2. The summed E-state index contributed by atoms with van der Waals surface area (Å²) >= 11 is 0. The highest BCUT2D eigenvalue weighted by molar-refractivity contribution is 5.28. The Kier molecular flexibility index (Phi) is 11.2. The van der Waals surface area contributed by atoms with Crippen LogP contribution in [0.15, 0.2) is 66.7 Å². The first-order chi connectivity index (χ1) is 17.8. The minimum atomic E-state index is 0.819. The molecule has 3 aromatic rings. The number of nitrogens with zero attached hydrogens (tertiary/aromatic N) is 1. The van der Waals surface area contributed by atoms with E-state index in [1.54, 1.807) is 0 Å². The van der Waals surface area contributed by atoms with E-state index < -0.39 is 0 Å². The second kappa shape index (κ2) is 15.3. The first-order valence-corrected chi connectivity index (χ1v) is 14.2. The van der Waals surface area contributed by atoms with E-state index in [-0.39, 0.29) is 0 Å². The van der Waals surface area contributed by atoms with Gasteiger partial charge in [0.2, 0.25) is 0 Å². The van der Waals surface area contributed by atoms with Gasteiger partial charge in [0.15, 0.2) is 0 Å². The van der Waals surface area contributed by atoms with Crippen molar-refractivity contribution in [2.75, 3.05) is 13.2 Å². The van der Waals surface area contributed by atoms with E-state index in [0.717, 1.165) is 76.1 Å². The summed E-state index contributed by atoms with van der Waals surface area (Å²) < 4.78 is 11.9. The Morgan fingerprint density at radius 3 is 1.28 bits per heavy atom. The molecule has 1 aromatic heterocycles. The van der Waals surface area contributed by atoms with Crippen LogP contribution in [0.4, 0.5) is 0 Å². The van der Waals surface area contributed by atoms with Gasteiger partial charge in [0.25, 0.3) is 0 Å². The molecular weight excluding hydrogens is 442 g/mol. The summed E-state index contributed by atoms with van der Waals surface area (Å²) in [6, 6.07) is 23.9. The second-order valence-corrected chi connectivity index (χ2v) is 10.1. The molecule has 0 radical (unpaired) electrons. The lowest BCUT2D eigenvalue weighted by Crippen LogP contribution is -1.99. The van der Waals surface area contributed by atoms with E-state index in [9.17, 15) is 0 Å². The molecule has 4 aliphatic rings. The van der Waals surface area contributed by atoms with Crippen LogP contribution in [0.1, 0.15) is 86.7 Å². The van der Waals surface area contributed by atoms with E-state index in [0.29, 0.717) is 0 Å².